The van der Waals surface area contributed by atoms with Gasteiger partial charge in [-0.15, -0.1) is 0 Å². The molecule has 0 radical (unpaired) electrons. The molecule has 1 atom stereocenters. The SMILES string of the molecule is CCOc1cccc(OCCNC(=O)NC2CCS(=O)(=O)C2)c1. The van der Waals surface area contributed by atoms with Gasteiger partial charge in [-0.1, -0.05) is 6.07 Å². The summed E-state index contributed by atoms with van der Waals surface area (Å²) >= 11 is 0. The molecule has 128 valence electrons. The van der Waals surface area contributed by atoms with E-state index in [1.807, 2.05) is 25.1 Å². The first-order valence-corrected chi connectivity index (χ1v) is 9.41. The van der Waals surface area contributed by atoms with Crippen molar-refractivity contribution in [3.8, 4) is 11.5 Å². The zero-order valence-corrected chi connectivity index (χ0v) is 13.9. The first-order chi connectivity index (χ1) is 11.0. The maximum absolute atomic E-state index is 11.7. The van der Waals surface area contributed by atoms with Gasteiger partial charge in [-0.05, 0) is 25.5 Å². The highest BCUT2D eigenvalue weighted by molar-refractivity contribution is 7.91. The Morgan fingerprint density at radius 2 is 2.04 bits per heavy atom. The van der Waals surface area contributed by atoms with Gasteiger partial charge in [0.2, 0.25) is 0 Å². The highest BCUT2D eigenvalue weighted by Crippen LogP contribution is 2.19. The Kier molecular flexibility index (Phi) is 6.09. The van der Waals surface area contributed by atoms with Gasteiger partial charge in [-0.2, -0.15) is 0 Å². The number of carbonyl (C=O) groups is 1. The zero-order chi connectivity index (χ0) is 16.7. The molecule has 2 amide bonds. The number of nitrogens with one attached hydrogen (secondary N) is 2. The Bertz CT molecular complexity index is 633. The molecule has 0 aliphatic carbocycles. The summed E-state index contributed by atoms with van der Waals surface area (Å²) in [5, 5.41) is 5.30. The van der Waals surface area contributed by atoms with E-state index in [1.165, 1.54) is 0 Å². The number of benzene rings is 1. The lowest BCUT2D eigenvalue weighted by Crippen LogP contribution is -2.43. The van der Waals surface area contributed by atoms with Crippen molar-refractivity contribution in [1.29, 1.82) is 0 Å². The van der Waals surface area contributed by atoms with Crippen LogP contribution in [0.15, 0.2) is 24.3 Å². The maximum atomic E-state index is 11.7. The van der Waals surface area contributed by atoms with Crippen LogP contribution in [0.25, 0.3) is 0 Å². The fraction of sp³-hybridized carbons (Fsp3) is 0.533. The van der Waals surface area contributed by atoms with Crippen molar-refractivity contribution in [3.05, 3.63) is 24.3 Å². The van der Waals surface area contributed by atoms with Crippen LogP contribution in [0.4, 0.5) is 4.79 Å². The Labute approximate surface area is 136 Å². The van der Waals surface area contributed by atoms with Gasteiger partial charge < -0.3 is 20.1 Å². The summed E-state index contributed by atoms with van der Waals surface area (Å²) in [5.41, 5.74) is 0. The molecule has 0 saturated carbocycles. The van der Waals surface area contributed by atoms with Gasteiger partial charge in [0.05, 0.1) is 24.7 Å². The zero-order valence-electron chi connectivity index (χ0n) is 13.1. The minimum Gasteiger partial charge on any atom is -0.494 e. The van der Waals surface area contributed by atoms with Crippen molar-refractivity contribution in [3.63, 3.8) is 0 Å². The second-order valence-corrected chi connectivity index (χ2v) is 7.49. The van der Waals surface area contributed by atoms with Gasteiger partial charge >= 0.3 is 6.03 Å². The topological polar surface area (TPSA) is 93.7 Å². The minimum atomic E-state index is -2.99. The number of hydrogen-bond acceptors (Lipinski definition) is 5. The van der Waals surface area contributed by atoms with Crippen LogP contribution >= 0.6 is 0 Å². The van der Waals surface area contributed by atoms with Gasteiger partial charge in [0.1, 0.15) is 18.1 Å². The summed E-state index contributed by atoms with van der Waals surface area (Å²) in [6.45, 7) is 3.13. The van der Waals surface area contributed by atoms with E-state index in [0.29, 0.717) is 31.9 Å². The molecule has 8 heteroatoms. The molecular formula is C15H22N2O5S. The molecule has 0 bridgehead atoms. The second kappa shape index (κ2) is 8.05. The van der Waals surface area contributed by atoms with Crippen LogP contribution in [0.3, 0.4) is 0 Å². The van der Waals surface area contributed by atoms with Crippen LogP contribution in [0, 0.1) is 0 Å². The van der Waals surface area contributed by atoms with Crippen LogP contribution in [0.5, 0.6) is 11.5 Å². The Morgan fingerprint density at radius 3 is 2.70 bits per heavy atom. The van der Waals surface area contributed by atoms with E-state index in [-0.39, 0.29) is 23.6 Å². The first kappa shape index (κ1) is 17.4. The van der Waals surface area contributed by atoms with Gasteiger partial charge in [0, 0.05) is 12.1 Å². The predicted octanol–water partition coefficient (Wildman–Crippen LogP) is 0.950. The molecule has 23 heavy (non-hydrogen) atoms. The lowest BCUT2D eigenvalue weighted by molar-refractivity contribution is 0.233. The van der Waals surface area contributed by atoms with Gasteiger partial charge in [-0.25, -0.2) is 13.2 Å². The van der Waals surface area contributed by atoms with Crippen LogP contribution in [0.2, 0.25) is 0 Å². The third-order valence-corrected chi connectivity index (χ3v) is 5.11. The molecule has 0 aromatic heterocycles. The molecule has 1 aliphatic rings. The van der Waals surface area contributed by atoms with Crippen LogP contribution in [-0.4, -0.2) is 51.8 Å². The first-order valence-electron chi connectivity index (χ1n) is 7.59. The van der Waals surface area contributed by atoms with E-state index >= 15 is 0 Å². The Morgan fingerprint density at radius 1 is 1.30 bits per heavy atom. The Balaban J connectivity index is 1.65. The molecule has 2 rings (SSSR count). The molecule has 1 heterocycles. The summed E-state index contributed by atoms with van der Waals surface area (Å²) in [7, 11) is -2.99. The minimum absolute atomic E-state index is 0.0150. The number of carbonyl (C=O) groups excluding carboxylic acids is 1. The van der Waals surface area contributed by atoms with Crippen LogP contribution < -0.4 is 20.1 Å². The molecule has 7 nitrogen and oxygen atoms in total. The number of amides is 2. The molecule has 1 fully saturated rings. The molecular weight excluding hydrogens is 320 g/mol. The fourth-order valence-corrected chi connectivity index (χ4v) is 3.97. The van der Waals surface area contributed by atoms with E-state index in [9.17, 15) is 13.2 Å². The highest BCUT2D eigenvalue weighted by atomic mass is 32.2. The summed E-state index contributed by atoms with van der Waals surface area (Å²) in [5.74, 6) is 1.55. The maximum Gasteiger partial charge on any atom is 0.315 e. The number of rotatable bonds is 7. The largest absolute Gasteiger partial charge is 0.494 e. The van der Waals surface area contributed by atoms with Crippen molar-refractivity contribution >= 4 is 15.9 Å². The molecule has 2 N–H and O–H groups in total. The van der Waals surface area contributed by atoms with Crippen LogP contribution in [0.1, 0.15) is 13.3 Å². The summed E-state index contributed by atoms with van der Waals surface area (Å²) in [6.07, 6.45) is 0.469. The van der Waals surface area contributed by atoms with Gasteiger partial charge in [0.25, 0.3) is 0 Å². The molecule has 0 spiro atoms. The molecule has 1 aromatic rings. The van der Waals surface area contributed by atoms with Crippen molar-refractivity contribution in [1.82, 2.24) is 10.6 Å². The molecule has 1 aliphatic heterocycles. The lowest BCUT2D eigenvalue weighted by atomic mass is 10.3. The van der Waals surface area contributed by atoms with Gasteiger partial charge in [-0.3, -0.25) is 0 Å². The van der Waals surface area contributed by atoms with E-state index < -0.39 is 9.84 Å². The average Bonchev–Trinajstić information content (AvgIpc) is 2.83. The number of sulfone groups is 1. The smallest absolute Gasteiger partial charge is 0.315 e. The predicted molar refractivity (Wildman–Crippen MR) is 86.7 cm³/mol. The molecule has 1 aromatic carbocycles. The van der Waals surface area contributed by atoms with Crippen molar-refractivity contribution in [2.24, 2.45) is 0 Å². The summed E-state index contributed by atoms with van der Waals surface area (Å²) in [6, 6.07) is 6.60. The number of ether oxygens (including phenoxy) is 2. The molecule has 1 saturated heterocycles. The molecule has 1 unspecified atom stereocenters. The highest BCUT2D eigenvalue weighted by Gasteiger charge is 2.28. The average molecular weight is 342 g/mol. The third kappa shape index (κ3) is 5.97. The summed E-state index contributed by atoms with van der Waals surface area (Å²) < 4.78 is 33.5. The Hall–Kier alpha value is -1.96. The van der Waals surface area contributed by atoms with E-state index in [2.05, 4.69) is 10.6 Å². The van der Waals surface area contributed by atoms with E-state index in [1.54, 1.807) is 6.07 Å². The van der Waals surface area contributed by atoms with Crippen molar-refractivity contribution < 1.29 is 22.7 Å². The van der Waals surface area contributed by atoms with E-state index in [0.717, 1.165) is 5.75 Å². The quantitative estimate of drug-likeness (QED) is 0.720. The second-order valence-electron chi connectivity index (χ2n) is 5.26. The standard InChI is InChI=1S/C15H22N2O5S/c1-2-21-13-4-3-5-14(10-13)22-8-7-16-15(18)17-12-6-9-23(19,20)11-12/h3-5,10,12H,2,6-9,11H2,1H3,(H2,16,17,18). The third-order valence-electron chi connectivity index (χ3n) is 3.34. The van der Waals surface area contributed by atoms with Crippen molar-refractivity contribution in [2.75, 3.05) is 31.3 Å². The van der Waals surface area contributed by atoms with Gasteiger partial charge in [0.15, 0.2) is 9.84 Å². The van der Waals surface area contributed by atoms with Crippen molar-refractivity contribution in [2.45, 2.75) is 19.4 Å². The number of hydrogen-bond donors (Lipinski definition) is 2. The van der Waals surface area contributed by atoms with Crippen LogP contribution in [-0.2, 0) is 9.84 Å². The monoisotopic (exact) mass is 342 g/mol. The van der Waals surface area contributed by atoms with E-state index in [4.69, 9.17) is 9.47 Å². The fourth-order valence-electron chi connectivity index (χ4n) is 2.30. The normalized spacial score (nSPS) is 19.1. The number of urea groups is 1. The lowest BCUT2D eigenvalue weighted by Gasteiger charge is -2.12. The summed E-state index contributed by atoms with van der Waals surface area (Å²) in [4.78, 5) is 11.7.